The summed E-state index contributed by atoms with van der Waals surface area (Å²) in [5.41, 5.74) is 4.53. The van der Waals surface area contributed by atoms with Crippen LogP contribution in [-0.2, 0) is 36.0 Å². The van der Waals surface area contributed by atoms with E-state index in [9.17, 15) is 12.8 Å². The van der Waals surface area contributed by atoms with Crippen LogP contribution < -0.4 is 10.0 Å². The van der Waals surface area contributed by atoms with Gasteiger partial charge < -0.3 is 5.32 Å². The fraction of sp³-hybridized carbons (Fsp3) is 0.292. The van der Waals surface area contributed by atoms with Crippen LogP contribution in [0.15, 0.2) is 48.7 Å². The number of aromatic nitrogens is 4. The first-order valence-electron chi connectivity index (χ1n) is 11.2. The average Bonchev–Trinajstić information content (AvgIpc) is 3.25. The topological polar surface area (TPSA) is 102 Å². The van der Waals surface area contributed by atoms with Gasteiger partial charge in [-0.25, -0.2) is 22.5 Å². The van der Waals surface area contributed by atoms with Crippen LogP contribution in [0.2, 0.25) is 0 Å². The molecule has 2 N–H and O–H groups in total. The van der Waals surface area contributed by atoms with Crippen LogP contribution in [0, 0.1) is 5.82 Å². The highest BCUT2D eigenvalue weighted by Crippen LogP contribution is 2.28. The van der Waals surface area contributed by atoms with Gasteiger partial charge in [-0.2, -0.15) is 14.8 Å². The largest absolute Gasteiger partial charge is 0.366 e. The lowest BCUT2D eigenvalue weighted by molar-refractivity contribution is 0.588. The molecule has 0 amide bonds. The summed E-state index contributed by atoms with van der Waals surface area (Å²) < 4.78 is 40.9. The quantitative estimate of drug-likeness (QED) is 0.420. The Morgan fingerprint density at radius 3 is 2.71 bits per heavy atom. The van der Waals surface area contributed by atoms with Crippen LogP contribution in [0.3, 0.4) is 0 Å². The van der Waals surface area contributed by atoms with Gasteiger partial charge in [0, 0.05) is 24.0 Å². The van der Waals surface area contributed by atoms with E-state index < -0.39 is 10.0 Å². The van der Waals surface area contributed by atoms with Crippen molar-refractivity contribution in [2.45, 2.75) is 38.8 Å². The summed E-state index contributed by atoms with van der Waals surface area (Å²) in [6.07, 6.45) is 6.73. The lowest BCUT2D eigenvalue weighted by Crippen LogP contribution is -2.21. The molecule has 0 aliphatic heterocycles. The van der Waals surface area contributed by atoms with Gasteiger partial charge in [0.2, 0.25) is 10.0 Å². The van der Waals surface area contributed by atoms with Gasteiger partial charge in [0.05, 0.1) is 23.7 Å². The van der Waals surface area contributed by atoms with E-state index >= 15 is 0 Å². The van der Waals surface area contributed by atoms with Crippen molar-refractivity contribution in [3.8, 4) is 5.95 Å². The fourth-order valence-electron chi connectivity index (χ4n) is 4.29. The molecule has 0 bridgehead atoms. The number of nitrogens with zero attached hydrogens (tertiary/aromatic N) is 4. The number of halogens is 1. The zero-order valence-corrected chi connectivity index (χ0v) is 19.6. The van der Waals surface area contributed by atoms with Crippen LogP contribution >= 0.6 is 0 Å². The zero-order valence-electron chi connectivity index (χ0n) is 18.8. The first-order chi connectivity index (χ1) is 16.4. The van der Waals surface area contributed by atoms with Crippen molar-refractivity contribution in [2.75, 3.05) is 11.6 Å². The molecule has 10 heteroatoms. The number of rotatable bonds is 7. The van der Waals surface area contributed by atoms with Crippen molar-refractivity contribution in [3.63, 3.8) is 0 Å². The van der Waals surface area contributed by atoms with Gasteiger partial charge in [0.15, 0.2) is 0 Å². The van der Waals surface area contributed by atoms with Gasteiger partial charge in [-0.15, -0.1) is 0 Å². The third kappa shape index (κ3) is 4.78. The molecule has 2 aromatic carbocycles. The second-order valence-corrected chi connectivity index (χ2v) is 10.3. The maximum absolute atomic E-state index is 13.6. The summed E-state index contributed by atoms with van der Waals surface area (Å²) in [5, 5.41) is 8.74. The Bertz CT molecular complexity index is 1470. The van der Waals surface area contributed by atoms with E-state index in [4.69, 9.17) is 9.97 Å². The maximum atomic E-state index is 13.6. The fourth-order valence-corrected chi connectivity index (χ4v) is 4.71. The van der Waals surface area contributed by atoms with E-state index in [-0.39, 0.29) is 12.4 Å². The number of anilines is 1. The molecule has 5 rings (SSSR count). The minimum absolute atomic E-state index is 0.174. The highest BCUT2D eigenvalue weighted by Gasteiger charge is 2.20. The second kappa shape index (κ2) is 9.11. The highest BCUT2D eigenvalue weighted by molar-refractivity contribution is 7.88. The Kier molecular flexibility index (Phi) is 6.01. The summed E-state index contributed by atoms with van der Waals surface area (Å²) >= 11 is 0. The maximum Gasteiger partial charge on any atom is 0.253 e. The molecular weight excluding hydrogens is 455 g/mol. The molecule has 0 saturated carbocycles. The Balaban J connectivity index is 1.52. The lowest BCUT2D eigenvalue weighted by Gasteiger charge is -2.20. The van der Waals surface area contributed by atoms with E-state index in [2.05, 4.69) is 15.1 Å². The lowest BCUT2D eigenvalue weighted by atomic mass is 9.96. The van der Waals surface area contributed by atoms with Crippen LogP contribution in [0.1, 0.15) is 35.2 Å². The van der Waals surface area contributed by atoms with Gasteiger partial charge in [0.25, 0.3) is 5.95 Å². The standard InChI is InChI=1S/C24H25FN6O2S/c1-34(32,33)28-14-17-7-5-11-22-20(17)15-27-31(22)24-29-21-10-3-2-9-19(21)23(30-24)26-13-16-6-4-8-18(25)12-16/h4-8,11-12,15,28H,2-3,9-10,13-14H2,1H3,(H,26,29,30). The first kappa shape index (κ1) is 22.4. The van der Waals surface area contributed by atoms with Crippen molar-refractivity contribution in [2.24, 2.45) is 0 Å². The SMILES string of the molecule is CS(=O)(=O)NCc1cccc2c1cnn2-c1nc2c(c(NCc3cccc(F)c3)n1)CCCC2. The first-order valence-corrected chi connectivity index (χ1v) is 13.1. The normalized spacial score (nSPS) is 13.7. The summed E-state index contributed by atoms with van der Waals surface area (Å²) in [7, 11) is -3.32. The van der Waals surface area contributed by atoms with Crippen molar-refractivity contribution in [1.29, 1.82) is 0 Å². The van der Waals surface area contributed by atoms with Crippen molar-refractivity contribution < 1.29 is 12.8 Å². The van der Waals surface area contributed by atoms with Gasteiger partial charge in [-0.1, -0.05) is 24.3 Å². The Labute approximate surface area is 197 Å². The number of sulfonamides is 1. The van der Waals surface area contributed by atoms with Gasteiger partial charge in [0.1, 0.15) is 11.6 Å². The highest BCUT2D eigenvalue weighted by atomic mass is 32.2. The van der Waals surface area contributed by atoms with Crippen LogP contribution in [-0.4, -0.2) is 34.4 Å². The van der Waals surface area contributed by atoms with Gasteiger partial charge >= 0.3 is 0 Å². The molecule has 2 aromatic heterocycles. The summed E-state index contributed by atoms with van der Waals surface area (Å²) in [5.74, 6) is 0.919. The number of nitrogens with one attached hydrogen (secondary N) is 2. The molecule has 4 aromatic rings. The van der Waals surface area contributed by atoms with Crippen LogP contribution in [0.5, 0.6) is 0 Å². The third-order valence-corrected chi connectivity index (χ3v) is 6.61. The number of hydrogen-bond donors (Lipinski definition) is 2. The zero-order chi connectivity index (χ0) is 23.7. The smallest absolute Gasteiger partial charge is 0.253 e. The Morgan fingerprint density at radius 2 is 1.88 bits per heavy atom. The molecule has 0 radical (unpaired) electrons. The summed E-state index contributed by atoms with van der Waals surface area (Å²) in [6.45, 7) is 0.620. The van der Waals surface area contributed by atoms with E-state index in [1.54, 1.807) is 16.9 Å². The third-order valence-electron chi connectivity index (χ3n) is 5.94. The number of benzene rings is 2. The minimum Gasteiger partial charge on any atom is -0.366 e. The molecule has 2 heterocycles. The predicted octanol–water partition coefficient (Wildman–Crippen LogP) is 3.49. The number of fused-ring (bicyclic) bond motifs is 2. The van der Waals surface area contributed by atoms with Gasteiger partial charge in [-0.3, -0.25) is 0 Å². The van der Waals surface area contributed by atoms with E-state index in [0.29, 0.717) is 12.5 Å². The van der Waals surface area contributed by atoms with E-state index in [0.717, 1.165) is 71.0 Å². The number of aryl methyl sites for hydroxylation is 1. The molecule has 0 spiro atoms. The molecule has 0 atom stereocenters. The van der Waals surface area contributed by atoms with E-state index in [1.807, 2.05) is 24.3 Å². The van der Waals surface area contributed by atoms with Crippen LogP contribution in [0.25, 0.3) is 16.9 Å². The molecule has 0 unspecified atom stereocenters. The Hall–Kier alpha value is -3.37. The second-order valence-electron chi connectivity index (χ2n) is 8.49. The monoisotopic (exact) mass is 480 g/mol. The molecule has 1 aliphatic rings. The molecule has 34 heavy (non-hydrogen) atoms. The van der Waals surface area contributed by atoms with Crippen molar-refractivity contribution in [1.82, 2.24) is 24.5 Å². The molecular formula is C24H25FN6O2S. The Morgan fingerprint density at radius 1 is 1.06 bits per heavy atom. The molecule has 0 fully saturated rings. The van der Waals surface area contributed by atoms with Gasteiger partial charge in [-0.05, 0) is 55.0 Å². The summed E-state index contributed by atoms with van der Waals surface area (Å²) in [6, 6.07) is 12.1. The molecule has 0 saturated heterocycles. The van der Waals surface area contributed by atoms with E-state index in [1.165, 1.54) is 12.1 Å². The number of hydrogen-bond acceptors (Lipinski definition) is 6. The summed E-state index contributed by atoms with van der Waals surface area (Å²) in [4.78, 5) is 9.63. The average molecular weight is 481 g/mol. The predicted molar refractivity (Wildman–Crippen MR) is 129 cm³/mol. The van der Waals surface area contributed by atoms with Crippen LogP contribution in [0.4, 0.5) is 10.2 Å². The molecule has 8 nitrogen and oxygen atoms in total. The van der Waals surface area contributed by atoms with Crippen molar-refractivity contribution >= 4 is 26.7 Å². The molecule has 1 aliphatic carbocycles. The van der Waals surface area contributed by atoms with Crippen molar-refractivity contribution in [3.05, 3.63) is 76.9 Å². The molecule has 176 valence electrons. The minimum atomic E-state index is -3.32.